The number of aryl methyl sites for hydroxylation is 1. The van der Waals surface area contributed by atoms with Gasteiger partial charge < -0.3 is 10.5 Å². The van der Waals surface area contributed by atoms with E-state index in [1.807, 2.05) is 6.92 Å². The Morgan fingerprint density at radius 3 is 2.67 bits per heavy atom. The molecule has 0 aliphatic carbocycles. The molecule has 7 heteroatoms. The van der Waals surface area contributed by atoms with E-state index in [1.165, 1.54) is 19.1 Å². The monoisotopic (exact) mass is 318 g/mol. The molecule has 3 N–H and O–H groups in total. The van der Waals surface area contributed by atoms with Crippen LogP contribution in [0.25, 0.3) is 0 Å². The highest BCUT2D eigenvalue weighted by atomic mass is 32.2. The average molecular weight is 318 g/mol. The molecule has 0 fully saturated rings. The summed E-state index contributed by atoms with van der Waals surface area (Å²) >= 11 is 0. The first kappa shape index (κ1) is 18.0. The van der Waals surface area contributed by atoms with Crippen LogP contribution in [0.2, 0.25) is 0 Å². The average Bonchev–Trinajstić information content (AvgIpc) is 2.45. The minimum Gasteiger partial charge on any atom is -0.381 e. The predicted molar refractivity (Wildman–Crippen MR) is 79.9 cm³/mol. The summed E-state index contributed by atoms with van der Waals surface area (Å²) in [5.41, 5.74) is 5.89. The van der Waals surface area contributed by atoms with E-state index in [1.54, 1.807) is 0 Å². The molecule has 0 amide bonds. The number of halogens is 1. The molecule has 0 radical (unpaired) electrons. The maximum atomic E-state index is 13.7. The molecule has 5 nitrogen and oxygen atoms in total. The zero-order chi connectivity index (χ0) is 15.9. The lowest BCUT2D eigenvalue weighted by molar-refractivity contribution is 0.133. The van der Waals surface area contributed by atoms with Crippen molar-refractivity contribution in [3.8, 4) is 0 Å². The molecule has 0 spiro atoms. The van der Waals surface area contributed by atoms with E-state index < -0.39 is 15.8 Å². The Morgan fingerprint density at radius 2 is 2.05 bits per heavy atom. The van der Waals surface area contributed by atoms with Gasteiger partial charge in [0.25, 0.3) is 0 Å². The van der Waals surface area contributed by atoms with Crippen molar-refractivity contribution in [3.63, 3.8) is 0 Å². The molecule has 120 valence electrons. The van der Waals surface area contributed by atoms with Crippen molar-refractivity contribution in [1.29, 1.82) is 0 Å². The van der Waals surface area contributed by atoms with E-state index in [-0.39, 0.29) is 29.1 Å². The molecule has 0 saturated carbocycles. The van der Waals surface area contributed by atoms with Crippen LogP contribution in [0.4, 0.5) is 4.39 Å². The van der Waals surface area contributed by atoms with Crippen LogP contribution in [-0.4, -0.2) is 28.2 Å². The van der Waals surface area contributed by atoms with Gasteiger partial charge in [-0.05, 0) is 37.5 Å². The molecule has 0 aromatic heterocycles. The lowest BCUT2D eigenvalue weighted by Gasteiger charge is -2.10. The van der Waals surface area contributed by atoms with E-state index in [4.69, 9.17) is 10.5 Å². The van der Waals surface area contributed by atoms with Crippen LogP contribution in [0.1, 0.15) is 30.9 Å². The van der Waals surface area contributed by atoms with E-state index in [0.29, 0.717) is 19.6 Å². The summed E-state index contributed by atoms with van der Waals surface area (Å²) in [6.45, 7) is 4.94. The molecule has 0 unspecified atom stereocenters. The standard InChI is InChI=1S/C14H23FN2O3S/c1-3-6-20-7-4-5-17-21(18,19)13-8-11(2)14(15)12(9-13)10-16/h8-9,17H,3-7,10,16H2,1-2H3. The fourth-order valence-electron chi connectivity index (χ4n) is 1.82. The number of hydrogen-bond acceptors (Lipinski definition) is 4. The van der Waals surface area contributed by atoms with E-state index in [2.05, 4.69) is 4.72 Å². The lowest BCUT2D eigenvalue weighted by atomic mass is 10.1. The highest BCUT2D eigenvalue weighted by Crippen LogP contribution is 2.18. The van der Waals surface area contributed by atoms with Crippen LogP contribution < -0.4 is 10.5 Å². The third-order valence-corrected chi connectivity index (χ3v) is 4.38. The van der Waals surface area contributed by atoms with E-state index in [9.17, 15) is 12.8 Å². The first-order valence-electron chi connectivity index (χ1n) is 6.99. The van der Waals surface area contributed by atoms with Gasteiger partial charge in [0, 0.05) is 31.9 Å². The minimum atomic E-state index is -3.65. The minimum absolute atomic E-state index is 0.0383. The number of rotatable bonds is 9. The summed E-state index contributed by atoms with van der Waals surface area (Å²) in [4.78, 5) is 0.0383. The SMILES string of the molecule is CCCOCCCNS(=O)(=O)c1cc(C)c(F)c(CN)c1. The number of ether oxygens (including phenoxy) is 1. The Bertz CT molecular complexity index is 562. The van der Waals surface area contributed by atoms with Gasteiger partial charge >= 0.3 is 0 Å². The number of nitrogens with one attached hydrogen (secondary N) is 1. The smallest absolute Gasteiger partial charge is 0.240 e. The second-order valence-corrected chi connectivity index (χ2v) is 6.55. The molecule has 1 rings (SSSR count). The number of benzene rings is 1. The summed E-state index contributed by atoms with van der Waals surface area (Å²) in [7, 11) is -3.65. The first-order valence-corrected chi connectivity index (χ1v) is 8.47. The van der Waals surface area contributed by atoms with Crippen molar-refractivity contribution in [2.24, 2.45) is 5.73 Å². The third-order valence-electron chi connectivity index (χ3n) is 2.94. The Hall–Kier alpha value is -1.02. The zero-order valence-corrected chi connectivity index (χ0v) is 13.3. The van der Waals surface area contributed by atoms with Gasteiger partial charge in [0.1, 0.15) is 5.82 Å². The molecule has 0 heterocycles. The van der Waals surface area contributed by atoms with Crippen LogP contribution in [0.3, 0.4) is 0 Å². The third kappa shape index (κ3) is 5.35. The fourth-order valence-corrected chi connectivity index (χ4v) is 3.03. The van der Waals surface area contributed by atoms with Crippen LogP contribution in [0.15, 0.2) is 17.0 Å². The zero-order valence-electron chi connectivity index (χ0n) is 12.5. The molecule has 1 aromatic rings. The normalized spacial score (nSPS) is 11.8. The second-order valence-electron chi connectivity index (χ2n) is 4.78. The van der Waals surface area contributed by atoms with Crippen molar-refractivity contribution in [2.75, 3.05) is 19.8 Å². The Kier molecular flexibility index (Phi) is 7.24. The van der Waals surface area contributed by atoms with Crippen LogP contribution in [0.5, 0.6) is 0 Å². The Morgan fingerprint density at radius 1 is 1.33 bits per heavy atom. The summed E-state index contributed by atoms with van der Waals surface area (Å²) in [5, 5.41) is 0. The van der Waals surface area contributed by atoms with Crippen molar-refractivity contribution in [1.82, 2.24) is 4.72 Å². The molecular formula is C14H23FN2O3S. The Labute approximate surface area is 125 Å². The van der Waals surface area contributed by atoms with Gasteiger partial charge in [0.2, 0.25) is 10.0 Å². The highest BCUT2D eigenvalue weighted by molar-refractivity contribution is 7.89. The summed E-state index contributed by atoms with van der Waals surface area (Å²) < 4.78 is 45.7. The summed E-state index contributed by atoms with van der Waals surface area (Å²) in [6.07, 6.45) is 1.52. The van der Waals surface area contributed by atoms with Crippen molar-refractivity contribution in [2.45, 2.75) is 38.1 Å². The molecule has 0 saturated heterocycles. The van der Waals surface area contributed by atoms with Gasteiger partial charge in [0.05, 0.1) is 4.90 Å². The van der Waals surface area contributed by atoms with E-state index >= 15 is 0 Å². The van der Waals surface area contributed by atoms with Crippen LogP contribution in [-0.2, 0) is 21.3 Å². The highest BCUT2D eigenvalue weighted by Gasteiger charge is 2.17. The van der Waals surface area contributed by atoms with Crippen LogP contribution >= 0.6 is 0 Å². The molecule has 0 atom stereocenters. The van der Waals surface area contributed by atoms with Gasteiger partial charge in [-0.15, -0.1) is 0 Å². The van der Waals surface area contributed by atoms with E-state index in [0.717, 1.165) is 6.42 Å². The lowest BCUT2D eigenvalue weighted by Crippen LogP contribution is -2.26. The van der Waals surface area contributed by atoms with Crippen molar-refractivity contribution >= 4 is 10.0 Å². The van der Waals surface area contributed by atoms with Gasteiger partial charge in [-0.1, -0.05) is 6.92 Å². The maximum absolute atomic E-state index is 13.7. The maximum Gasteiger partial charge on any atom is 0.240 e. The summed E-state index contributed by atoms with van der Waals surface area (Å²) in [5.74, 6) is -0.454. The fraction of sp³-hybridized carbons (Fsp3) is 0.571. The van der Waals surface area contributed by atoms with Gasteiger partial charge in [-0.2, -0.15) is 0 Å². The number of sulfonamides is 1. The first-order chi connectivity index (χ1) is 9.92. The molecule has 21 heavy (non-hydrogen) atoms. The van der Waals surface area contributed by atoms with Gasteiger partial charge in [-0.25, -0.2) is 17.5 Å². The topological polar surface area (TPSA) is 81.4 Å². The van der Waals surface area contributed by atoms with Crippen molar-refractivity contribution < 1.29 is 17.5 Å². The molecule has 0 aliphatic rings. The Balaban J connectivity index is 2.68. The van der Waals surface area contributed by atoms with Crippen LogP contribution in [0, 0.1) is 12.7 Å². The van der Waals surface area contributed by atoms with Crippen molar-refractivity contribution in [3.05, 3.63) is 29.1 Å². The predicted octanol–water partition coefficient (Wildman–Crippen LogP) is 1.69. The number of hydrogen-bond donors (Lipinski definition) is 2. The quantitative estimate of drug-likeness (QED) is 0.679. The molecule has 0 aliphatic heterocycles. The molecular weight excluding hydrogens is 295 g/mol. The molecule has 0 bridgehead atoms. The largest absolute Gasteiger partial charge is 0.381 e. The van der Waals surface area contributed by atoms with Gasteiger partial charge in [0.15, 0.2) is 0 Å². The number of nitrogens with two attached hydrogens (primary N) is 1. The second kappa shape index (κ2) is 8.43. The summed E-state index contributed by atoms with van der Waals surface area (Å²) in [6, 6.07) is 2.59. The molecule has 1 aromatic carbocycles. The van der Waals surface area contributed by atoms with Gasteiger partial charge in [-0.3, -0.25) is 0 Å².